The Hall–Kier alpha value is -2.45. The smallest absolute Gasteiger partial charge is 0.263 e. The third-order valence-electron chi connectivity index (χ3n) is 4.72. The van der Waals surface area contributed by atoms with E-state index < -0.39 is 0 Å². The lowest BCUT2D eigenvalue weighted by atomic mass is 10.2. The number of fused-ring (bicyclic) bond motifs is 1. The molecule has 0 spiro atoms. The summed E-state index contributed by atoms with van der Waals surface area (Å²) >= 11 is 1.32. The van der Waals surface area contributed by atoms with E-state index in [1.165, 1.54) is 11.3 Å². The zero-order valence-electron chi connectivity index (χ0n) is 17.1. The number of para-hydroxylation sites is 2. The van der Waals surface area contributed by atoms with Crippen molar-refractivity contribution in [2.24, 2.45) is 7.05 Å². The van der Waals surface area contributed by atoms with E-state index in [0.29, 0.717) is 34.6 Å². The molecule has 0 aliphatic rings. The van der Waals surface area contributed by atoms with Crippen molar-refractivity contribution in [2.75, 3.05) is 18.4 Å². The lowest BCUT2D eigenvalue weighted by Crippen LogP contribution is -2.42. The summed E-state index contributed by atoms with van der Waals surface area (Å²) in [5.41, 5.74) is 1.96. The van der Waals surface area contributed by atoms with Crippen LogP contribution in [0.25, 0.3) is 11.0 Å². The number of aryl methyl sites for hydroxylation is 1. The third kappa shape index (κ3) is 4.51. The molecule has 7 nitrogen and oxygen atoms in total. The van der Waals surface area contributed by atoms with Crippen LogP contribution in [0.2, 0.25) is 0 Å². The summed E-state index contributed by atoms with van der Waals surface area (Å²) in [6.45, 7) is 10.1. The van der Waals surface area contributed by atoms with Crippen molar-refractivity contribution in [3.05, 3.63) is 35.3 Å². The molecule has 150 valence electrons. The number of hydrogen-bond acceptors (Lipinski definition) is 6. The zero-order chi connectivity index (χ0) is 20.3. The van der Waals surface area contributed by atoms with E-state index in [-0.39, 0.29) is 5.91 Å². The van der Waals surface area contributed by atoms with Gasteiger partial charge in [0.1, 0.15) is 4.88 Å². The minimum Gasteiger partial charge on any atom is -0.350 e. The van der Waals surface area contributed by atoms with Crippen molar-refractivity contribution in [1.82, 2.24) is 24.8 Å². The molecular formula is C20H28N6OS. The molecule has 0 aliphatic carbocycles. The van der Waals surface area contributed by atoms with Gasteiger partial charge in [0.2, 0.25) is 5.95 Å². The Morgan fingerprint density at radius 1 is 1.21 bits per heavy atom. The lowest BCUT2D eigenvalue weighted by Gasteiger charge is -2.30. The van der Waals surface area contributed by atoms with Crippen LogP contribution in [0.4, 0.5) is 11.1 Å². The number of carbonyl (C=O) groups excluding carboxylic acids is 1. The minimum absolute atomic E-state index is 0.0944. The molecule has 3 aromatic rings. The third-order valence-corrected chi connectivity index (χ3v) is 5.63. The first-order valence-corrected chi connectivity index (χ1v) is 10.4. The maximum absolute atomic E-state index is 12.4. The molecule has 28 heavy (non-hydrogen) atoms. The first-order chi connectivity index (χ1) is 13.4. The number of hydrogen-bond donors (Lipinski definition) is 2. The molecule has 0 atom stereocenters. The summed E-state index contributed by atoms with van der Waals surface area (Å²) in [6.07, 6.45) is 1.60. The second kappa shape index (κ2) is 8.70. The topological polar surface area (TPSA) is 75.1 Å². The predicted molar refractivity (Wildman–Crippen MR) is 115 cm³/mol. The number of amides is 1. The van der Waals surface area contributed by atoms with Gasteiger partial charge in [0.05, 0.1) is 17.2 Å². The summed E-state index contributed by atoms with van der Waals surface area (Å²) in [5.74, 6) is 0.607. The fourth-order valence-electron chi connectivity index (χ4n) is 3.29. The fraction of sp³-hybridized carbons (Fsp3) is 0.450. The lowest BCUT2D eigenvalue weighted by molar-refractivity contribution is 0.0943. The molecule has 0 radical (unpaired) electrons. The van der Waals surface area contributed by atoms with Crippen molar-refractivity contribution >= 4 is 39.4 Å². The second-order valence-corrected chi connectivity index (χ2v) is 8.35. The van der Waals surface area contributed by atoms with Gasteiger partial charge >= 0.3 is 0 Å². The molecule has 1 aromatic carbocycles. The van der Waals surface area contributed by atoms with Crippen molar-refractivity contribution < 1.29 is 4.79 Å². The van der Waals surface area contributed by atoms with Crippen LogP contribution in [-0.4, -0.2) is 50.5 Å². The van der Waals surface area contributed by atoms with Crippen molar-refractivity contribution in [3.63, 3.8) is 0 Å². The van der Waals surface area contributed by atoms with Crippen molar-refractivity contribution in [3.8, 4) is 0 Å². The summed E-state index contributed by atoms with van der Waals surface area (Å²) in [5, 5.41) is 6.85. The van der Waals surface area contributed by atoms with Crippen molar-refractivity contribution in [1.29, 1.82) is 0 Å². The molecule has 1 amide bonds. The van der Waals surface area contributed by atoms with Crippen LogP contribution < -0.4 is 10.6 Å². The van der Waals surface area contributed by atoms with Gasteiger partial charge in [0.15, 0.2) is 5.13 Å². The number of imidazole rings is 1. The molecule has 2 N–H and O–H groups in total. The summed E-state index contributed by atoms with van der Waals surface area (Å²) in [4.78, 5) is 24.3. The monoisotopic (exact) mass is 400 g/mol. The molecule has 0 saturated heterocycles. The molecule has 2 aromatic heterocycles. The van der Waals surface area contributed by atoms with E-state index in [1.54, 1.807) is 6.20 Å². The highest BCUT2D eigenvalue weighted by Gasteiger charge is 2.15. The van der Waals surface area contributed by atoms with Crippen LogP contribution in [0.3, 0.4) is 0 Å². The van der Waals surface area contributed by atoms with Crippen LogP contribution in [0.5, 0.6) is 0 Å². The Morgan fingerprint density at radius 2 is 1.93 bits per heavy atom. The van der Waals surface area contributed by atoms with Crippen LogP contribution in [0, 0.1) is 0 Å². The fourth-order valence-corrected chi connectivity index (χ4v) is 4.01. The number of thiazole rings is 1. The van der Waals surface area contributed by atoms with Crippen LogP contribution >= 0.6 is 11.3 Å². The number of benzene rings is 1. The quantitative estimate of drug-likeness (QED) is 0.604. The Bertz CT molecular complexity index is 937. The predicted octanol–water partition coefficient (Wildman–Crippen LogP) is 3.62. The average molecular weight is 401 g/mol. The van der Waals surface area contributed by atoms with Crippen LogP contribution in [-0.2, 0) is 7.05 Å². The van der Waals surface area contributed by atoms with Gasteiger partial charge < -0.3 is 15.2 Å². The SMILES string of the molecule is CC(C)N(CCNC(=O)c1cnc(Nc2nc3ccccc3n2C)s1)C(C)C. The Kier molecular flexibility index (Phi) is 6.31. The Morgan fingerprint density at radius 3 is 2.61 bits per heavy atom. The van der Waals surface area contributed by atoms with E-state index in [4.69, 9.17) is 0 Å². The molecule has 0 unspecified atom stereocenters. The Balaban J connectivity index is 1.60. The highest BCUT2D eigenvalue weighted by molar-refractivity contribution is 7.17. The normalized spacial score (nSPS) is 11.7. The van der Waals surface area contributed by atoms with E-state index in [2.05, 4.69) is 53.2 Å². The molecule has 3 rings (SSSR count). The largest absolute Gasteiger partial charge is 0.350 e. The molecular weight excluding hydrogens is 372 g/mol. The van der Waals surface area contributed by atoms with Crippen molar-refractivity contribution in [2.45, 2.75) is 39.8 Å². The molecule has 0 fully saturated rings. The molecule has 2 heterocycles. The maximum Gasteiger partial charge on any atom is 0.263 e. The summed E-state index contributed by atoms with van der Waals surface area (Å²) in [6, 6.07) is 8.84. The second-order valence-electron chi connectivity index (χ2n) is 7.32. The first kappa shape index (κ1) is 20.3. The van der Waals surface area contributed by atoms with Gasteiger partial charge in [-0.25, -0.2) is 9.97 Å². The van der Waals surface area contributed by atoms with Crippen LogP contribution in [0.1, 0.15) is 37.4 Å². The van der Waals surface area contributed by atoms with E-state index in [9.17, 15) is 4.79 Å². The molecule has 8 heteroatoms. The van der Waals surface area contributed by atoms with Gasteiger partial charge in [0, 0.05) is 32.2 Å². The van der Waals surface area contributed by atoms with E-state index in [0.717, 1.165) is 17.6 Å². The van der Waals surface area contributed by atoms with Gasteiger partial charge in [-0.15, -0.1) is 0 Å². The number of rotatable bonds is 8. The minimum atomic E-state index is -0.0944. The zero-order valence-corrected chi connectivity index (χ0v) is 17.9. The number of nitrogens with one attached hydrogen (secondary N) is 2. The first-order valence-electron chi connectivity index (χ1n) is 9.55. The summed E-state index contributed by atoms with van der Waals surface area (Å²) in [7, 11) is 1.95. The van der Waals surface area contributed by atoms with Gasteiger partial charge in [-0.05, 0) is 39.8 Å². The highest BCUT2D eigenvalue weighted by atomic mass is 32.1. The highest BCUT2D eigenvalue weighted by Crippen LogP contribution is 2.24. The molecule has 0 bridgehead atoms. The van der Waals surface area contributed by atoms with Gasteiger partial charge in [-0.3, -0.25) is 9.69 Å². The van der Waals surface area contributed by atoms with Gasteiger partial charge in [-0.1, -0.05) is 23.5 Å². The van der Waals surface area contributed by atoms with Gasteiger partial charge in [-0.2, -0.15) is 0 Å². The number of nitrogens with zero attached hydrogens (tertiary/aromatic N) is 4. The molecule has 0 saturated carbocycles. The van der Waals surface area contributed by atoms with E-state index in [1.807, 2.05) is 35.9 Å². The summed E-state index contributed by atoms with van der Waals surface area (Å²) < 4.78 is 1.98. The Labute approximate surface area is 169 Å². The van der Waals surface area contributed by atoms with E-state index >= 15 is 0 Å². The maximum atomic E-state index is 12.4. The van der Waals surface area contributed by atoms with Crippen LogP contribution in [0.15, 0.2) is 30.5 Å². The average Bonchev–Trinajstić information content (AvgIpc) is 3.24. The van der Waals surface area contributed by atoms with Gasteiger partial charge in [0.25, 0.3) is 5.91 Å². The number of anilines is 2. The standard InChI is InChI=1S/C20H28N6OS/c1-13(2)26(14(3)4)11-10-21-18(27)17-12-22-20(28-17)24-19-23-15-8-6-7-9-16(15)25(19)5/h6-9,12-14H,10-11H2,1-5H3,(H,21,27)(H,22,23,24). The number of carbonyl (C=O) groups is 1. The number of aromatic nitrogens is 3. The molecule has 0 aliphatic heterocycles.